The van der Waals surface area contributed by atoms with E-state index in [2.05, 4.69) is 15.6 Å². The predicted octanol–water partition coefficient (Wildman–Crippen LogP) is -0.596. The third kappa shape index (κ3) is 4.08. The maximum absolute atomic E-state index is 11.6. The molecule has 0 aliphatic heterocycles. The predicted molar refractivity (Wildman–Crippen MR) is 66.5 cm³/mol. The number of carbonyl (C=O) groups is 1. The number of amides is 1. The molecule has 0 aliphatic rings. The van der Waals surface area contributed by atoms with E-state index in [0.29, 0.717) is 25.1 Å². The van der Waals surface area contributed by atoms with E-state index in [4.69, 9.17) is 5.73 Å². The number of hydrogen-bond donors (Lipinski definition) is 3. The minimum absolute atomic E-state index is 0.0799. The van der Waals surface area contributed by atoms with Crippen LogP contribution in [-0.4, -0.2) is 38.2 Å². The Kier molecular flexibility index (Phi) is 5.24. The molecule has 1 amide bonds. The van der Waals surface area contributed by atoms with Gasteiger partial charge in [0.25, 0.3) is 0 Å². The molecular weight excluding hydrogens is 234 g/mol. The first kappa shape index (κ1) is 14.6. The molecule has 1 aromatic heterocycles. The van der Waals surface area contributed by atoms with Crippen molar-refractivity contribution < 1.29 is 9.90 Å². The number of nitrogens with two attached hydrogens (primary N) is 1. The van der Waals surface area contributed by atoms with Gasteiger partial charge in [-0.05, 0) is 12.8 Å². The van der Waals surface area contributed by atoms with Gasteiger partial charge in [0.05, 0.1) is 17.5 Å². The molecule has 7 heteroatoms. The second kappa shape index (κ2) is 6.46. The number of aliphatic hydroxyl groups is 1. The summed E-state index contributed by atoms with van der Waals surface area (Å²) in [5, 5.41) is 20.3. The zero-order chi connectivity index (χ0) is 13.6. The molecule has 0 aromatic carbocycles. The van der Waals surface area contributed by atoms with Crippen molar-refractivity contribution in [3.05, 3.63) is 11.9 Å². The van der Waals surface area contributed by atoms with Gasteiger partial charge in [0, 0.05) is 13.1 Å². The van der Waals surface area contributed by atoms with Crippen LogP contribution in [0.5, 0.6) is 0 Å². The molecule has 102 valence electrons. The van der Waals surface area contributed by atoms with Crippen LogP contribution in [-0.2, 0) is 17.9 Å². The van der Waals surface area contributed by atoms with Crippen LogP contribution in [0.4, 0.5) is 0 Å². The van der Waals surface area contributed by atoms with E-state index in [1.54, 1.807) is 6.20 Å². The van der Waals surface area contributed by atoms with Crippen molar-refractivity contribution in [2.24, 2.45) is 5.73 Å². The largest absolute Gasteiger partial charge is 0.388 e. The van der Waals surface area contributed by atoms with Crippen molar-refractivity contribution in [3.63, 3.8) is 0 Å². The summed E-state index contributed by atoms with van der Waals surface area (Å²) in [5.41, 5.74) is 5.20. The fourth-order valence-electron chi connectivity index (χ4n) is 1.48. The highest BCUT2D eigenvalue weighted by Gasteiger charge is 2.22. The summed E-state index contributed by atoms with van der Waals surface area (Å²) in [6.45, 7) is 4.40. The number of aromatic nitrogens is 3. The van der Waals surface area contributed by atoms with E-state index in [9.17, 15) is 9.90 Å². The van der Waals surface area contributed by atoms with E-state index in [1.165, 1.54) is 4.68 Å². The van der Waals surface area contributed by atoms with E-state index in [0.717, 1.165) is 0 Å². The molecule has 0 saturated carbocycles. The molecule has 0 atom stereocenters. The van der Waals surface area contributed by atoms with Crippen molar-refractivity contribution in [2.75, 3.05) is 6.54 Å². The van der Waals surface area contributed by atoms with Gasteiger partial charge in [-0.15, -0.1) is 5.10 Å². The molecule has 0 saturated heterocycles. The summed E-state index contributed by atoms with van der Waals surface area (Å²) in [6.07, 6.45) is 2.83. The zero-order valence-electron chi connectivity index (χ0n) is 10.9. The molecule has 0 bridgehead atoms. The lowest BCUT2D eigenvalue weighted by atomic mass is 9.98. The third-order valence-electron chi connectivity index (χ3n) is 3.03. The molecule has 0 radical (unpaired) electrons. The summed E-state index contributed by atoms with van der Waals surface area (Å²) < 4.78 is 1.43. The fraction of sp³-hybridized carbons (Fsp3) is 0.727. The van der Waals surface area contributed by atoms with Crippen LogP contribution in [0.2, 0.25) is 0 Å². The Hall–Kier alpha value is -1.47. The molecule has 1 rings (SSSR count). The minimum Gasteiger partial charge on any atom is -0.388 e. The van der Waals surface area contributed by atoms with Crippen LogP contribution < -0.4 is 11.1 Å². The first-order valence-electron chi connectivity index (χ1n) is 6.11. The van der Waals surface area contributed by atoms with Crippen molar-refractivity contribution in [3.8, 4) is 0 Å². The molecule has 1 aromatic rings. The highest BCUT2D eigenvalue weighted by molar-refractivity contribution is 5.75. The maximum atomic E-state index is 11.6. The number of hydrogen-bond acceptors (Lipinski definition) is 5. The van der Waals surface area contributed by atoms with Gasteiger partial charge in [-0.1, -0.05) is 19.1 Å². The summed E-state index contributed by atoms with van der Waals surface area (Å²) in [4.78, 5) is 11.6. The highest BCUT2D eigenvalue weighted by Crippen LogP contribution is 2.12. The molecule has 0 fully saturated rings. The molecule has 1 heterocycles. The number of nitrogens with one attached hydrogen (secondary N) is 1. The lowest BCUT2D eigenvalue weighted by molar-refractivity contribution is -0.123. The minimum atomic E-state index is -0.833. The summed E-state index contributed by atoms with van der Waals surface area (Å²) in [6, 6.07) is 0. The fourth-order valence-corrected chi connectivity index (χ4v) is 1.48. The van der Waals surface area contributed by atoms with Crippen LogP contribution in [0.3, 0.4) is 0 Å². The molecule has 18 heavy (non-hydrogen) atoms. The second-order valence-electron chi connectivity index (χ2n) is 4.32. The zero-order valence-corrected chi connectivity index (χ0v) is 10.9. The summed E-state index contributed by atoms with van der Waals surface area (Å²) in [7, 11) is 0. The maximum Gasteiger partial charge on any atom is 0.241 e. The van der Waals surface area contributed by atoms with E-state index in [-0.39, 0.29) is 19.0 Å². The summed E-state index contributed by atoms with van der Waals surface area (Å²) in [5.74, 6) is -0.205. The first-order valence-corrected chi connectivity index (χ1v) is 6.11. The number of nitrogens with zero attached hydrogens (tertiary/aromatic N) is 3. The standard InChI is InChI=1S/C11H21N5O2/c1-3-11(18,4-2)8-13-10(17)7-16-6-9(5-12)14-15-16/h6,18H,3-5,7-8,12H2,1-2H3,(H,13,17). The average molecular weight is 255 g/mol. The normalized spacial score (nSPS) is 11.6. The van der Waals surface area contributed by atoms with Crippen LogP contribution in [0.25, 0.3) is 0 Å². The average Bonchev–Trinajstić information content (AvgIpc) is 2.83. The number of rotatable bonds is 7. The van der Waals surface area contributed by atoms with Gasteiger partial charge in [0.1, 0.15) is 6.54 Å². The van der Waals surface area contributed by atoms with Gasteiger partial charge in [0.2, 0.25) is 5.91 Å². The van der Waals surface area contributed by atoms with E-state index < -0.39 is 5.60 Å². The topological polar surface area (TPSA) is 106 Å². The van der Waals surface area contributed by atoms with Crippen LogP contribution in [0.15, 0.2) is 6.20 Å². The van der Waals surface area contributed by atoms with Crippen LogP contribution in [0.1, 0.15) is 32.4 Å². The first-order chi connectivity index (χ1) is 8.53. The lowest BCUT2D eigenvalue weighted by Gasteiger charge is -2.25. The quantitative estimate of drug-likeness (QED) is 0.603. The molecule has 7 nitrogen and oxygen atoms in total. The molecule has 0 aliphatic carbocycles. The van der Waals surface area contributed by atoms with Crippen molar-refractivity contribution in [1.82, 2.24) is 20.3 Å². The highest BCUT2D eigenvalue weighted by atomic mass is 16.3. The third-order valence-corrected chi connectivity index (χ3v) is 3.03. The Morgan fingerprint density at radius 3 is 2.72 bits per heavy atom. The monoisotopic (exact) mass is 255 g/mol. The molecule has 0 spiro atoms. The SMILES string of the molecule is CCC(O)(CC)CNC(=O)Cn1cc(CN)nn1. The van der Waals surface area contributed by atoms with Gasteiger partial charge < -0.3 is 16.2 Å². The molecular formula is C11H21N5O2. The Balaban J connectivity index is 2.42. The second-order valence-corrected chi connectivity index (χ2v) is 4.32. The van der Waals surface area contributed by atoms with Crippen molar-refractivity contribution in [1.29, 1.82) is 0 Å². The Morgan fingerprint density at radius 2 is 2.22 bits per heavy atom. The van der Waals surface area contributed by atoms with Crippen LogP contribution in [0, 0.1) is 0 Å². The van der Waals surface area contributed by atoms with Gasteiger partial charge in [0.15, 0.2) is 0 Å². The van der Waals surface area contributed by atoms with Gasteiger partial charge in [-0.3, -0.25) is 4.79 Å². The smallest absolute Gasteiger partial charge is 0.241 e. The van der Waals surface area contributed by atoms with Crippen LogP contribution >= 0.6 is 0 Å². The Labute approximate surface area is 106 Å². The number of carbonyl (C=O) groups excluding carboxylic acids is 1. The van der Waals surface area contributed by atoms with Gasteiger partial charge in [-0.2, -0.15) is 0 Å². The van der Waals surface area contributed by atoms with Crippen molar-refractivity contribution >= 4 is 5.91 Å². The van der Waals surface area contributed by atoms with E-state index in [1.807, 2.05) is 13.8 Å². The lowest BCUT2D eigenvalue weighted by Crippen LogP contribution is -2.43. The van der Waals surface area contributed by atoms with Gasteiger partial charge >= 0.3 is 0 Å². The molecule has 4 N–H and O–H groups in total. The van der Waals surface area contributed by atoms with E-state index >= 15 is 0 Å². The molecule has 0 unspecified atom stereocenters. The van der Waals surface area contributed by atoms with Crippen molar-refractivity contribution in [2.45, 2.75) is 45.4 Å². The Morgan fingerprint density at radius 1 is 1.56 bits per heavy atom. The summed E-state index contributed by atoms with van der Waals surface area (Å²) >= 11 is 0. The Bertz CT molecular complexity index is 387. The van der Waals surface area contributed by atoms with Gasteiger partial charge in [-0.25, -0.2) is 4.68 Å².